The zero-order valence-electron chi connectivity index (χ0n) is 11.7. The Labute approximate surface area is 110 Å². The lowest BCUT2D eigenvalue weighted by Crippen LogP contribution is -2.30. The van der Waals surface area contributed by atoms with Gasteiger partial charge in [0.2, 0.25) is 0 Å². The molecule has 3 heteroatoms. The molecular weight excluding hydrogens is 226 g/mol. The predicted octanol–water partition coefficient (Wildman–Crippen LogP) is 3.45. The lowest BCUT2D eigenvalue weighted by Gasteiger charge is -2.19. The molecule has 1 atom stereocenters. The largest absolute Gasteiger partial charge is 0.467 e. The van der Waals surface area contributed by atoms with Crippen LogP contribution < -0.4 is 5.32 Å². The minimum Gasteiger partial charge on any atom is -0.467 e. The van der Waals surface area contributed by atoms with Crippen molar-refractivity contribution < 1.29 is 9.53 Å². The number of ether oxygens (including phenoxy) is 1. The number of nitrogens with one attached hydrogen (secondary N) is 1. The molecule has 0 saturated carbocycles. The van der Waals surface area contributed by atoms with E-state index in [-0.39, 0.29) is 12.0 Å². The van der Waals surface area contributed by atoms with Gasteiger partial charge < -0.3 is 10.1 Å². The molecule has 0 aliphatic heterocycles. The maximum atomic E-state index is 11.7. The van der Waals surface area contributed by atoms with Crippen molar-refractivity contribution in [2.24, 2.45) is 0 Å². The van der Waals surface area contributed by atoms with Gasteiger partial charge in [-0.2, -0.15) is 0 Å². The van der Waals surface area contributed by atoms with Gasteiger partial charge in [0.1, 0.15) is 6.04 Å². The second kappa shape index (κ2) is 7.04. The third kappa shape index (κ3) is 4.06. The van der Waals surface area contributed by atoms with Crippen molar-refractivity contribution in [3.05, 3.63) is 29.3 Å². The van der Waals surface area contributed by atoms with E-state index in [1.807, 2.05) is 19.1 Å². The molecule has 1 unspecified atom stereocenters. The number of hydrogen-bond acceptors (Lipinski definition) is 3. The number of anilines is 1. The van der Waals surface area contributed by atoms with Gasteiger partial charge in [0.05, 0.1) is 7.11 Å². The molecule has 18 heavy (non-hydrogen) atoms. The fourth-order valence-corrected chi connectivity index (χ4v) is 1.96. The van der Waals surface area contributed by atoms with Crippen molar-refractivity contribution in [1.82, 2.24) is 0 Å². The average molecular weight is 249 g/mol. The Morgan fingerprint density at radius 1 is 1.39 bits per heavy atom. The summed E-state index contributed by atoms with van der Waals surface area (Å²) >= 11 is 0. The Morgan fingerprint density at radius 2 is 2.11 bits per heavy atom. The van der Waals surface area contributed by atoms with Crippen LogP contribution in [-0.2, 0) is 9.53 Å². The van der Waals surface area contributed by atoms with Crippen LogP contribution >= 0.6 is 0 Å². The lowest BCUT2D eigenvalue weighted by molar-refractivity contribution is -0.141. The minimum absolute atomic E-state index is 0.191. The van der Waals surface area contributed by atoms with E-state index in [2.05, 4.69) is 25.2 Å². The highest BCUT2D eigenvalue weighted by molar-refractivity contribution is 5.79. The number of carbonyl (C=O) groups is 1. The van der Waals surface area contributed by atoms with E-state index in [0.717, 1.165) is 30.5 Å². The normalized spacial score (nSPS) is 12.0. The van der Waals surface area contributed by atoms with E-state index in [9.17, 15) is 4.79 Å². The molecule has 0 fully saturated rings. The van der Waals surface area contributed by atoms with Gasteiger partial charge in [0, 0.05) is 5.69 Å². The average Bonchev–Trinajstić information content (AvgIpc) is 2.36. The first-order valence-corrected chi connectivity index (χ1v) is 6.50. The standard InChI is InChI=1S/C15H23NO2/c1-5-6-7-14(15(17)18-4)16-13-9-8-11(2)10-12(13)3/h8-10,14,16H,5-7H2,1-4H3. The molecule has 3 nitrogen and oxygen atoms in total. The lowest BCUT2D eigenvalue weighted by atomic mass is 10.1. The minimum atomic E-state index is -0.253. The first kappa shape index (κ1) is 14.6. The van der Waals surface area contributed by atoms with E-state index in [0.29, 0.717) is 0 Å². The van der Waals surface area contributed by atoms with Crippen LogP contribution in [-0.4, -0.2) is 19.1 Å². The summed E-state index contributed by atoms with van der Waals surface area (Å²) in [4.78, 5) is 11.7. The van der Waals surface area contributed by atoms with Crippen LogP contribution in [0.2, 0.25) is 0 Å². The fourth-order valence-electron chi connectivity index (χ4n) is 1.96. The van der Waals surface area contributed by atoms with Crippen molar-refractivity contribution in [1.29, 1.82) is 0 Å². The van der Waals surface area contributed by atoms with E-state index in [1.165, 1.54) is 12.7 Å². The Morgan fingerprint density at radius 3 is 2.67 bits per heavy atom. The number of benzene rings is 1. The van der Waals surface area contributed by atoms with Gasteiger partial charge in [0.25, 0.3) is 0 Å². The van der Waals surface area contributed by atoms with Crippen LogP contribution in [0.4, 0.5) is 5.69 Å². The molecule has 1 rings (SSSR count). The van der Waals surface area contributed by atoms with Gasteiger partial charge in [-0.3, -0.25) is 0 Å². The second-order valence-corrected chi connectivity index (χ2v) is 4.68. The SMILES string of the molecule is CCCCC(Nc1ccc(C)cc1C)C(=O)OC. The van der Waals surface area contributed by atoms with E-state index in [1.54, 1.807) is 0 Å². The summed E-state index contributed by atoms with van der Waals surface area (Å²) in [5, 5.41) is 3.29. The fraction of sp³-hybridized carbons (Fsp3) is 0.533. The number of hydrogen-bond donors (Lipinski definition) is 1. The van der Waals surface area contributed by atoms with Crippen LogP contribution in [0.5, 0.6) is 0 Å². The first-order valence-electron chi connectivity index (χ1n) is 6.50. The van der Waals surface area contributed by atoms with Gasteiger partial charge in [-0.15, -0.1) is 0 Å². The monoisotopic (exact) mass is 249 g/mol. The zero-order valence-corrected chi connectivity index (χ0v) is 11.7. The summed E-state index contributed by atoms with van der Waals surface area (Å²) in [6.07, 6.45) is 2.89. The van der Waals surface area contributed by atoms with Crippen LogP contribution in [0.3, 0.4) is 0 Å². The van der Waals surface area contributed by atoms with Gasteiger partial charge in [-0.05, 0) is 31.9 Å². The number of rotatable bonds is 6. The third-order valence-electron chi connectivity index (χ3n) is 3.04. The zero-order chi connectivity index (χ0) is 13.5. The second-order valence-electron chi connectivity index (χ2n) is 4.68. The molecule has 0 spiro atoms. The smallest absolute Gasteiger partial charge is 0.328 e. The van der Waals surface area contributed by atoms with E-state index >= 15 is 0 Å². The van der Waals surface area contributed by atoms with E-state index < -0.39 is 0 Å². The van der Waals surface area contributed by atoms with Crippen molar-refractivity contribution in [2.75, 3.05) is 12.4 Å². The van der Waals surface area contributed by atoms with Crippen LogP contribution in [0.1, 0.15) is 37.3 Å². The van der Waals surface area contributed by atoms with Gasteiger partial charge in [-0.1, -0.05) is 37.5 Å². The van der Waals surface area contributed by atoms with Crippen molar-refractivity contribution in [2.45, 2.75) is 46.1 Å². The molecule has 0 aliphatic carbocycles. The Bertz CT molecular complexity index is 401. The number of methoxy groups -OCH3 is 1. The Balaban J connectivity index is 2.78. The molecule has 100 valence electrons. The molecular formula is C15H23NO2. The summed E-state index contributed by atoms with van der Waals surface area (Å²) in [7, 11) is 1.44. The summed E-state index contributed by atoms with van der Waals surface area (Å²) in [5.74, 6) is -0.191. The molecule has 1 N–H and O–H groups in total. The molecule has 0 amide bonds. The molecule has 1 aromatic rings. The van der Waals surface area contributed by atoms with E-state index in [4.69, 9.17) is 4.74 Å². The highest BCUT2D eigenvalue weighted by Crippen LogP contribution is 2.19. The maximum absolute atomic E-state index is 11.7. The molecule has 0 aromatic heterocycles. The molecule has 0 saturated heterocycles. The maximum Gasteiger partial charge on any atom is 0.328 e. The predicted molar refractivity (Wildman–Crippen MR) is 74.9 cm³/mol. The molecule has 0 radical (unpaired) electrons. The number of carbonyl (C=O) groups excluding carboxylic acids is 1. The Hall–Kier alpha value is -1.51. The molecule has 0 heterocycles. The summed E-state index contributed by atoms with van der Waals surface area (Å²) in [5.41, 5.74) is 3.38. The molecule has 0 bridgehead atoms. The van der Waals surface area contributed by atoms with Gasteiger partial charge in [0.15, 0.2) is 0 Å². The van der Waals surface area contributed by atoms with Crippen LogP contribution in [0.15, 0.2) is 18.2 Å². The number of esters is 1. The highest BCUT2D eigenvalue weighted by Gasteiger charge is 2.18. The summed E-state index contributed by atoms with van der Waals surface area (Å²) in [6, 6.07) is 5.92. The molecule has 0 aliphatic rings. The summed E-state index contributed by atoms with van der Waals surface area (Å²) < 4.78 is 4.84. The van der Waals surface area contributed by atoms with Crippen LogP contribution in [0.25, 0.3) is 0 Å². The van der Waals surface area contributed by atoms with Gasteiger partial charge in [-0.25, -0.2) is 4.79 Å². The number of aryl methyl sites for hydroxylation is 2. The first-order chi connectivity index (χ1) is 8.58. The quantitative estimate of drug-likeness (QED) is 0.785. The third-order valence-corrected chi connectivity index (χ3v) is 3.04. The Kier molecular flexibility index (Phi) is 5.69. The topological polar surface area (TPSA) is 38.3 Å². The molecule has 1 aromatic carbocycles. The van der Waals surface area contributed by atoms with Crippen molar-refractivity contribution in [3.63, 3.8) is 0 Å². The highest BCUT2D eigenvalue weighted by atomic mass is 16.5. The van der Waals surface area contributed by atoms with Gasteiger partial charge >= 0.3 is 5.97 Å². The number of unbranched alkanes of at least 4 members (excludes halogenated alkanes) is 1. The van der Waals surface area contributed by atoms with Crippen molar-refractivity contribution >= 4 is 11.7 Å². The summed E-state index contributed by atoms with van der Waals surface area (Å²) in [6.45, 7) is 6.22. The van der Waals surface area contributed by atoms with Crippen LogP contribution in [0, 0.1) is 13.8 Å². The van der Waals surface area contributed by atoms with Crippen molar-refractivity contribution in [3.8, 4) is 0 Å².